The summed E-state index contributed by atoms with van der Waals surface area (Å²) in [5.74, 6) is 0.906. The van der Waals surface area contributed by atoms with Crippen molar-refractivity contribution in [3.63, 3.8) is 0 Å². The number of methoxy groups -OCH3 is 1. The van der Waals surface area contributed by atoms with Gasteiger partial charge in [0.2, 0.25) is 0 Å². The molecule has 1 atom stereocenters. The Kier molecular flexibility index (Phi) is 4.89. The Morgan fingerprint density at radius 1 is 1.27 bits per heavy atom. The minimum atomic E-state index is -0.607. The van der Waals surface area contributed by atoms with Crippen LogP contribution >= 0.6 is 0 Å². The Labute approximate surface area is 152 Å². The van der Waals surface area contributed by atoms with Crippen molar-refractivity contribution >= 4 is 5.78 Å². The molecule has 1 aliphatic rings. The third kappa shape index (κ3) is 3.52. The van der Waals surface area contributed by atoms with Gasteiger partial charge in [0.05, 0.1) is 19.1 Å². The second kappa shape index (κ2) is 7.12. The second-order valence-corrected chi connectivity index (χ2v) is 6.62. The Balaban J connectivity index is 1.97. The highest BCUT2D eigenvalue weighted by atomic mass is 16.5. The van der Waals surface area contributed by atoms with Crippen molar-refractivity contribution in [1.29, 1.82) is 0 Å². The van der Waals surface area contributed by atoms with Gasteiger partial charge >= 0.3 is 0 Å². The molecule has 0 bridgehead atoms. The van der Waals surface area contributed by atoms with E-state index in [0.29, 0.717) is 29.0 Å². The molecule has 0 unspecified atom stereocenters. The Hall–Kier alpha value is -2.95. The molecule has 136 valence electrons. The number of hydrogen-bond acceptors (Lipinski definition) is 5. The van der Waals surface area contributed by atoms with Gasteiger partial charge in [-0.1, -0.05) is 11.6 Å². The van der Waals surface area contributed by atoms with Crippen molar-refractivity contribution in [1.82, 2.24) is 0 Å². The van der Waals surface area contributed by atoms with Gasteiger partial charge in [-0.25, -0.2) is 0 Å². The smallest absolute Gasteiger partial charge is 0.170 e. The fourth-order valence-corrected chi connectivity index (χ4v) is 3.04. The topological polar surface area (TPSA) is 76.0 Å². The molecule has 1 heterocycles. The molecule has 0 radical (unpaired) electrons. The number of Topliss-reactive ketones (excluding diaryl/α,β-unsaturated/α-hetero) is 1. The number of aromatic hydroxyl groups is 2. The number of ether oxygens (including phenoxy) is 2. The van der Waals surface area contributed by atoms with Crippen LogP contribution in [-0.4, -0.2) is 23.1 Å². The van der Waals surface area contributed by atoms with Crippen LogP contribution in [0.5, 0.6) is 23.0 Å². The molecule has 1 aliphatic heterocycles. The van der Waals surface area contributed by atoms with Crippen LogP contribution in [0.2, 0.25) is 0 Å². The van der Waals surface area contributed by atoms with Crippen molar-refractivity contribution in [3.8, 4) is 23.0 Å². The van der Waals surface area contributed by atoms with Gasteiger partial charge in [-0.05, 0) is 44.0 Å². The summed E-state index contributed by atoms with van der Waals surface area (Å²) >= 11 is 0. The molecule has 0 saturated heterocycles. The van der Waals surface area contributed by atoms with Gasteiger partial charge in [0, 0.05) is 17.7 Å². The second-order valence-electron chi connectivity index (χ2n) is 6.62. The molecule has 0 amide bonds. The predicted molar refractivity (Wildman–Crippen MR) is 98.2 cm³/mol. The van der Waals surface area contributed by atoms with Gasteiger partial charge in [0.25, 0.3) is 0 Å². The van der Waals surface area contributed by atoms with E-state index in [0.717, 1.165) is 5.56 Å². The highest BCUT2D eigenvalue weighted by Gasteiger charge is 2.30. The summed E-state index contributed by atoms with van der Waals surface area (Å²) in [7, 11) is 1.58. The largest absolute Gasteiger partial charge is 0.508 e. The van der Waals surface area contributed by atoms with Gasteiger partial charge < -0.3 is 19.7 Å². The van der Waals surface area contributed by atoms with E-state index in [1.807, 2.05) is 19.9 Å². The van der Waals surface area contributed by atoms with E-state index >= 15 is 0 Å². The average Bonchev–Trinajstić information content (AvgIpc) is 2.59. The third-order valence-corrected chi connectivity index (χ3v) is 4.41. The molecular formula is C21H22O5. The predicted octanol–water partition coefficient (Wildman–Crippen LogP) is 4.32. The molecule has 5 nitrogen and oxygen atoms in total. The molecule has 0 saturated carbocycles. The SMILES string of the molecule is COc1cc2c(cc1CC=C(C)C)C(=O)C[C@@H](c1ccc(O)cc1O)O2. The lowest BCUT2D eigenvalue weighted by molar-refractivity contribution is 0.0846. The summed E-state index contributed by atoms with van der Waals surface area (Å²) < 4.78 is 11.4. The summed E-state index contributed by atoms with van der Waals surface area (Å²) in [6.07, 6.45) is 2.27. The number of ketones is 1. The van der Waals surface area contributed by atoms with E-state index in [1.165, 1.54) is 17.7 Å². The van der Waals surface area contributed by atoms with E-state index in [9.17, 15) is 15.0 Å². The van der Waals surface area contributed by atoms with Crippen molar-refractivity contribution in [3.05, 3.63) is 58.7 Å². The van der Waals surface area contributed by atoms with Crippen molar-refractivity contribution in [2.45, 2.75) is 32.8 Å². The average molecular weight is 354 g/mol. The maximum Gasteiger partial charge on any atom is 0.170 e. The standard InChI is InChI=1S/C21H22O5/c1-12(2)4-5-13-8-16-18(24)10-20(26-21(16)11-19(13)25-3)15-7-6-14(22)9-17(15)23/h4,6-9,11,20,22-23H,5,10H2,1-3H3/t20-/m0/s1. The van der Waals surface area contributed by atoms with Gasteiger partial charge in [-0.2, -0.15) is 0 Å². The maximum absolute atomic E-state index is 12.7. The van der Waals surface area contributed by atoms with Gasteiger partial charge in [0.1, 0.15) is 29.1 Å². The Morgan fingerprint density at radius 3 is 2.69 bits per heavy atom. The highest BCUT2D eigenvalue weighted by molar-refractivity contribution is 6.00. The molecule has 2 aromatic carbocycles. The molecule has 5 heteroatoms. The number of fused-ring (bicyclic) bond motifs is 1. The summed E-state index contributed by atoms with van der Waals surface area (Å²) in [5, 5.41) is 19.5. The monoisotopic (exact) mass is 354 g/mol. The van der Waals surface area contributed by atoms with E-state index < -0.39 is 6.10 Å². The number of rotatable bonds is 4. The van der Waals surface area contributed by atoms with Crippen molar-refractivity contribution in [2.75, 3.05) is 7.11 Å². The molecule has 0 aliphatic carbocycles. The van der Waals surface area contributed by atoms with Crippen LogP contribution in [0.15, 0.2) is 42.0 Å². The van der Waals surface area contributed by atoms with Gasteiger partial charge in [-0.15, -0.1) is 0 Å². The van der Waals surface area contributed by atoms with Crippen LogP contribution in [0.1, 0.15) is 47.9 Å². The molecule has 0 spiro atoms. The number of phenols is 2. The summed E-state index contributed by atoms with van der Waals surface area (Å²) in [4.78, 5) is 12.7. The normalized spacial score (nSPS) is 15.8. The summed E-state index contributed by atoms with van der Waals surface area (Å²) in [5.41, 5.74) is 3.11. The zero-order valence-electron chi connectivity index (χ0n) is 15.1. The maximum atomic E-state index is 12.7. The first-order valence-electron chi connectivity index (χ1n) is 8.45. The fraction of sp³-hybridized carbons (Fsp3) is 0.286. The zero-order chi connectivity index (χ0) is 18.8. The van der Waals surface area contributed by atoms with Crippen molar-refractivity contribution in [2.24, 2.45) is 0 Å². The molecule has 2 aromatic rings. The number of carbonyl (C=O) groups excluding carboxylic acids is 1. The minimum Gasteiger partial charge on any atom is -0.508 e. The van der Waals surface area contributed by atoms with Crippen molar-refractivity contribution < 1.29 is 24.5 Å². The first-order chi connectivity index (χ1) is 12.4. The van der Waals surface area contributed by atoms with E-state index in [-0.39, 0.29) is 23.7 Å². The molecule has 3 rings (SSSR count). The van der Waals surface area contributed by atoms with Crippen LogP contribution < -0.4 is 9.47 Å². The summed E-state index contributed by atoms with van der Waals surface area (Å²) in [6, 6.07) is 7.81. The lowest BCUT2D eigenvalue weighted by atomic mass is 9.93. The molecule has 0 aromatic heterocycles. The van der Waals surface area contributed by atoms with Gasteiger partial charge in [-0.3, -0.25) is 4.79 Å². The van der Waals surface area contributed by atoms with Crippen LogP contribution in [0.3, 0.4) is 0 Å². The molecule has 26 heavy (non-hydrogen) atoms. The Bertz CT molecular complexity index is 878. The van der Waals surface area contributed by atoms with Crippen LogP contribution in [0.25, 0.3) is 0 Å². The third-order valence-electron chi connectivity index (χ3n) is 4.41. The number of carbonyl (C=O) groups is 1. The first kappa shape index (κ1) is 17.9. The van der Waals surface area contributed by atoms with E-state index in [2.05, 4.69) is 6.08 Å². The number of allylic oxidation sites excluding steroid dienone is 2. The quantitative estimate of drug-likeness (QED) is 0.800. The van der Waals surface area contributed by atoms with E-state index in [1.54, 1.807) is 19.2 Å². The summed E-state index contributed by atoms with van der Waals surface area (Å²) in [6.45, 7) is 4.04. The fourth-order valence-electron chi connectivity index (χ4n) is 3.04. The van der Waals surface area contributed by atoms with Crippen LogP contribution in [0.4, 0.5) is 0 Å². The van der Waals surface area contributed by atoms with E-state index in [4.69, 9.17) is 9.47 Å². The number of hydrogen-bond donors (Lipinski definition) is 2. The number of phenolic OH excluding ortho intramolecular Hbond substituents is 2. The molecule has 0 fully saturated rings. The molecule has 2 N–H and O–H groups in total. The van der Waals surface area contributed by atoms with Crippen LogP contribution in [0, 0.1) is 0 Å². The van der Waals surface area contributed by atoms with Gasteiger partial charge in [0.15, 0.2) is 5.78 Å². The molecular weight excluding hydrogens is 332 g/mol. The highest BCUT2D eigenvalue weighted by Crippen LogP contribution is 2.41. The lowest BCUT2D eigenvalue weighted by Crippen LogP contribution is -2.21. The lowest BCUT2D eigenvalue weighted by Gasteiger charge is -2.27. The first-order valence-corrected chi connectivity index (χ1v) is 8.45. The minimum absolute atomic E-state index is 0.0423. The zero-order valence-corrected chi connectivity index (χ0v) is 15.1. The van der Waals surface area contributed by atoms with Crippen LogP contribution in [-0.2, 0) is 6.42 Å². The Morgan fingerprint density at radius 2 is 2.04 bits per heavy atom. The number of benzene rings is 2.